The van der Waals surface area contributed by atoms with Gasteiger partial charge in [-0.2, -0.15) is 0 Å². The molecule has 0 bridgehead atoms. The molecule has 0 aromatic heterocycles. The highest BCUT2D eigenvalue weighted by atomic mass is 19.1. The van der Waals surface area contributed by atoms with Crippen LogP contribution in [0.4, 0.5) is 8.78 Å². The Bertz CT molecular complexity index is 1340. The molecule has 0 fully saturated rings. The van der Waals surface area contributed by atoms with E-state index in [1.54, 1.807) is 12.1 Å². The Kier molecular flexibility index (Phi) is 9.93. The van der Waals surface area contributed by atoms with E-state index in [1.165, 1.54) is 54.6 Å². The summed E-state index contributed by atoms with van der Waals surface area (Å²) in [4.78, 5) is 38.7. The zero-order chi connectivity index (χ0) is 28.5. The molecule has 0 aliphatic rings. The van der Waals surface area contributed by atoms with Crippen LogP contribution in [0.25, 0.3) is 0 Å². The smallest absolute Gasteiger partial charge is 0.328 e. The third-order valence-electron chi connectivity index (χ3n) is 6.03. The predicted octanol–water partition coefficient (Wildman–Crippen LogP) is 1.87. The number of esters is 1. The fraction of sp³-hybridized carbons (Fsp3) is 0.250. The number of ether oxygens (including phenoxy) is 1. The van der Waals surface area contributed by atoms with E-state index in [-0.39, 0.29) is 41.9 Å². The molecule has 2 amide bonds. The lowest BCUT2D eigenvalue weighted by atomic mass is 10.0. The van der Waals surface area contributed by atoms with Gasteiger partial charge in [0.1, 0.15) is 23.7 Å². The van der Waals surface area contributed by atoms with Crippen molar-refractivity contribution in [2.24, 2.45) is 5.73 Å². The third-order valence-corrected chi connectivity index (χ3v) is 6.03. The quantitative estimate of drug-likeness (QED) is 0.184. The first-order valence-electron chi connectivity index (χ1n) is 12.0. The van der Waals surface area contributed by atoms with Crippen LogP contribution in [0.2, 0.25) is 0 Å². The van der Waals surface area contributed by atoms with Crippen LogP contribution in [0.5, 0.6) is 11.5 Å². The lowest BCUT2D eigenvalue weighted by Gasteiger charge is -2.24. The number of rotatable bonds is 11. The van der Waals surface area contributed by atoms with E-state index < -0.39 is 47.5 Å². The van der Waals surface area contributed by atoms with E-state index in [9.17, 15) is 33.4 Å². The molecule has 3 atom stereocenters. The van der Waals surface area contributed by atoms with Gasteiger partial charge in [0.15, 0.2) is 11.5 Å². The number of halogens is 2. The van der Waals surface area contributed by atoms with Gasteiger partial charge in [-0.25, -0.2) is 13.6 Å². The topological polar surface area (TPSA) is 151 Å². The van der Waals surface area contributed by atoms with Crippen LogP contribution in [0, 0.1) is 11.6 Å². The number of carbonyl (C=O) groups is 3. The molecule has 0 aliphatic heterocycles. The fourth-order valence-corrected chi connectivity index (χ4v) is 3.91. The lowest BCUT2D eigenvalue weighted by Crippen LogP contribution is -2.56. The number of hydrogen-bond donors (Lipinski definition) is 5. The largest absolute Gasteiger partial charge is 0.504 e. The molecule has 0 unspecified atom stereocenters. The summed E-state index contributed by atoms with van der Waals surface area (Å²) in [5, 5.41) is 24.1. The van der Waals surface area contributed by atoms with Crippen LogP contribution in [0.15, 0.2) is 66.7 Å². The molecular weight excluding hydrogens is 512 g/mol. The van der Waals surface area contributed by atoms with Crippen LogP contribution in [-0.2, 0) is 38.4 Å². The first-order chi connectivity index (χ1) is 18.6. The van der Waals surface area contributed by atoms with Crippen molar-refractivity contribution < 1.29 is 38.1 Å². The Morgan fingerprint density at radius 3 is 1.87 bits per heavy atom. The van der Waals surface area contributed by atoms with Crippen molar-refractivity contribution >= 4 is 17.8 Å². The van der Waals surface area contributed by atoms with Crippen LogP contribution in [0.1, 0.15) is 16.7 Å². The third kappa shape index (κ3) is 7.99. The maximum Gasteiger partial charge on any atom is 0.328 e. The van der Waals surface area contributed by atoms with Gasteiger partial charge in [0.2, 0.25) is 11.8 Å². The molecule has 0 saturated heterocycles. The van der Waals surface area contributed by atoms with E-state index >= 15 is 0 Å². The Morgan fingerprint density at radius 2 is 1.33 bits per heavy atom. The van der Waals surface area contributed by atoms with E-state index in [0.29, 0.717) is 5.56 Å². The Balaban J connectivity index is 1.80. The predicted molar refractivity (Wildman–Crippen MR) is 138 cm³/mol. The van der Waals surface area contributed by atoms with Crippen LogP contribution >= 0.6 is 0 Å². The van der Waals surface area contributed by atoms with Gasteiger partial charge in [0, 0.05) is 12.8 Å². The summed E-state index contributed by atoms with van der Waals surface area (Å²) in [6.07, 6.45) is -0.550. The normalized spacial score (nSPS) is 13.1. The molecule has 3 aromatic carbocycles. The Hall–Kier alpha value is -4.51. The van der Waals surface area contributed by atoms with Gasteiger partial charge in [0.25, 0.3) is 0 Å². The molecule has 0 aliphatic carbocycles. The average Bonchev–Trinajstić information content (AvgIpc) is 2.91. The molecule has 206 valence electrons. The molecule has 3 rings (SSSR count). The van der Waals surface area contributed by atoms with E-state index in [2.05, 4.69) is 10.6 Å². The Labute approximate surface area is 223 Å². The summed E-state index contributed by atoms with van der Waals surface area (Å²) >= 11 is 0. The van der Waals surface area contributed by atoms with E-state index in [0.717, 1.165) is 7.11 Å². The van der Waals surface area contributed by atoms with Crippen LogP contribution < -0.4 is 16.4 Å². The van der Waals surface area contributed by atoms with E-state index in [4.69, 9.17) is 10.5 Å². The molecule has 0 spiro atoms. The summed E-state index contributed by atoms with van der Waals surface area (Å²) in [6, 6.07) is 11.5. The zero-order valence-electron chi connectivity index (χ0n) is 21.1. The highest BCUT2D eigenvalue weighted by Crippen LogP contribution is 2.25. The first kappa shape index (κ1) is 29.1. The van der Waals surface area contributed by atoms with Gasteiger partial charge in [-0.05, 0) is 47.4 Å². The SMILES string of the molecule is COC(=O)[C@@H](Cc1ccccc1F)NC(=O)[C@H](Cc1ccccc1F)NC(=O)[C@@H](N)Cc1ccc(O)c(O)c1. The van der Waals surface area contributed by atoms with Gasteiger partial charge >= 0.3 is 5.97 Å². The van der Waals surface area contributed by atoms with Gasteiger partial charge in [-0.15, -0.1) is 0 Å². The fourth-order valence-electron chi connectivity index (χ4n) is 3.91. The monoisotopic (exact) mass is 541 g/mol. The molecule has 6 N–H and O–H groups in total. The zero-order valence-corrected chi connectivity index (χ0v) is 21.1. The van der Waals surface area contributed by atoms with Crippen molar-refractivity contribution in [3.8, 4) is 11.5 Å². The van der Waals surface area contributed by atoms with Gasteiger partial charge in [-0.1, -0.05) is 42.5 Å². The second-order valence-corrected chi connectivity index (χ2v) is 8.87. The first-order valence-corrected chi connectivity index (χ1v) is 12.0. The van der Waals surface area contributed by atoms with Crippen molar-refractivity contribution in [3.05, 3.63) is 95.1 Å². The molecule has 39 heavy (non-hydrogen) atoms. The minimum absolute atomic E-state index is 0.0498. The number of hydrogen-bond acceptors (Lipinski definition) is 7. The second kappa shape index (κ2) is 13.3. The summed E-state index contributed by atoms with van der Waals surface area (Å²) in [6.45, 7) is 0. The minimum Gasteiger partial charge on any atom is -0.504 e. The van der Waals surface area contributed by atoms with Crippen molar-refractivity contribution in [2.75, 3.05) is 7.11 Å². The maximum atomic E-state index is 14.4. The molecule has 3 aromatic rings. The number of carbonyl (C=O) groups excluding carboxylic acids is 3. The molecule has 9 nitrogen and oxygen atoms in total. The van der Waals surface area contributed by atoms with Crippen molar-refractivity contribution in [3.63, 3.8) is 0 Å². The number of methoxy groups -OCH3 is 1. The number of benzene rings is 3. The highest BCUT2D eigenvalue weighted by molar-refractivity contribution is 5.92. The van der Waals surface area contributed by atoms with Gasteiger partial charge < -0.3 is 31.3 Å². The number of phenols is 2. The van der Waals surface area contributed by atoms with E-state index in [1.807, 2.05) is 0 Å². The number of phenolic OH excluding ortho intramolecular Hbond substituents is 2. The van der Waals surface area contributed by atoms with Crippen molar-refractivity contribution in [2.45, 2.75) is 37.4 Å². The lowest BCUT2D eigenvalue weighted by molar-refractivity contribution is -0.145. The molecule has 0 saturated carbocycles. The molecule has 0 heterocycles. The van der Waals surface area contributed by atoms with Crippen molar-refractivity contribution in [1.29, 1.82) is 0 Å². The molecular formula is C28H29F2N3O6. The number of amides is 2. The summed E-state index contributed by atoms with van der Waals surface area (Å²) in [7, 11) is 1.11. The summed E-state index contributed by atoms with van der Waals surface area (Å²) in [5.74, 6) is -4.36. The second-order valence-electron chi connectivity index (χ2n) is 8.87. The van der Waals surface area contributed by atoms with Crippen LogP contribution in [-0.4, -0.2) is 53.2 Å². The van der Waals surface area contributed by atoms with Crippen molar-refractivity contribution in [1.82, 2.24) is 10.6 Å². The van der Waals surface area contributed by atoms with Gasteiger partial charge in [0.05, 0.1) is 13.2 Å². The Morgan fingerprint density at radius 1 is 0.795 bits per heavy atom. The number of nitrogens with two attached hydrogens (primary N) is 1. The highest BCUT2D eigenvalue weighted by Gasteiger charge is 2.30. The number of nitrogens with one attached hydrogen (secondary N) is 2. The van der Waals surface area contributed by atoms with Crippen LogP contribution in [0.3, 0.4) is 0 Å². The average molecular weight is 542 g/mol. The standard InChI is InChI=1S/C28H29F2N3O6/c1-39-28(38)23(15-18-7-3-5-9-20(18)30)33-27(37)22(14-17-6-2-4-8-19(17)29)32-26(36)21(31)12-16-10-11-24(34)25(35)13-16/h2-11,13,21-23,34-35H,12,14-15,31H2,1H3,(H,32,36)(H,33,37)/t21-,22-,23+/m0/s1. The van der Waals surface area contributed by atoms with Gasteiger partial charge in [-0.3, -0.25) is 9.59 Å². The maximum absolute atomic E-state index is 14.4. The minimum atomic E-state index is -1.36. The molecule has 11 heteroatoms. The number of aromatic hydroxyl groups is 2. The molecule has 0 radical (unpaired) electrons. The summed E-state index contributed by atoms with van der Waals surface area (Å²) in [5.41, 5.74) is 6.74. The summed E-state index contributed by atoms with van der Waals surface area (Å²) < 4.78 is 33.4.